The van der Waals surface area contributed by atoms with E-state index in [9.17, 15) is 4.79 Å². The van der Waals surface area contributed by atoms with E-state index in [2.05, 4.69) is 12.2 Å². The third-order valence-corrected chi connectivity index (χ3v) is 3.42. The first-order chi connectivity index (χ1) is 8.11. The first-order valence-corrected chi connectivity index (χ1v) is 6.06. The monoisotopic (exact) mass is 233 g/mol. The minimum Gasteiger partial charge on any atom is -0.497 e. The number of ether oxygens (including phenoxy) is 1. The lowest BCUT2D eigenvalue weighted by molar-refractivity contribution is -0.123. The Labute approximate surface area is 102 Å². The van der Waals surface area contributed by atoms with Crippen molar-refractivity contribution < 1.29 is 9.53 Å². The second-order valence-electron chi connectivity index (χ2n) is 4.82. The molecule has 2 rings (SSSR count). The molecular weight excluding hydrogens is 214 g/mol. The number of benzene rings is 1. The van der Waals surface area contributed by atoms with Crippen LogP contribution in [0.5, 0.6) is 5.75 Å². The highest BCUT2D eigenvalue weighted by Gasteiger charge is 2.39. The van der Waals surface area contributed by atoms with Crippen molar-refractivity contribution in [2.45, 2.75) is 26.3 Å². The van der Waals surface area contributed by atoms with E-state index in [1.54, 1.807) is 7.11 Å². The van der Waals surface area contributed by atoms with Crippen LogP contribution in [0.2, 0.25) is 0 Å². The van der Waals surface area contributed by atoms with Gasteiger partial charge in [-0.1, -0.05) is 19.1 Å². The molecule has 3 heteroatoms. The van der Waals surface area contributed by atoms with Gasteiger partial charge in [0.1, 0.15) is 5.75 Å². The van der Waals surface area contributed by atoms with Gasteiger partial charge in [-0.25, -0.2) is 0 Å². The zero-order valence-corrected chi connectivity index (χ0v) is 10.6. The largest absolute Gasteiger partial charge is 0.497 e. The number of nitrogens with one attached hydrogen (secondary N) is 1. The number of methoxy groups -OCH3 is 1. The minimum absolute atomic E-state index is 0.0567. The average molecular weight is 233 g/mol. The Kier molecular flexibility index (Phi) is 3.36. The predicted molar refractivity (Wildman–Crippen MR) is 66.8 cm³/mol. The van der Waals surface area contributed by atoms with Crippen LogP contribution >= 0.6 is 0 Å². The summed E-state index contributed by atoms with van der Waals surface area (Å²) in [7, 11) is 1.65. The van der Waals surface area contributed by atoms with E-state index in [0.717, 1.165) is 17.7 Å². The summed E-state index contributed by atoms with van der Waals surface area (Å²) in [5, 5.41) is 3.05. The molecule has 0 aromatic heterocycles. The average Bonchev–Trinajstić information content (AvgIpc) is 3.06. The van der Waals surface area contributed by atoms with Crippen molar-refractivity contribution in [3.63, 3.8) is 0 Å². The highest BCUT2D eigenvalue weighted by atomic mass is 16.5. The van der Waals surface area contributed by atoms with Crippen molar-refractivity contribution in [2.75, 3.05) is 7.11 Å². The molecule has 0 radical (unpaired) electrons. The fourth-order valence-corrected chi connectivity index (χ4v) is 1.98. The Hall–Kier alpha value is -1.51. The third-order valence-electron chi connectivity index (χ3n) is 3.42. The maximum Gasteiger partial charge on any atom is 0.223 e. The SMILES string of the molecule is COc1ccc([C@H](C)NC(=O)[C@H]2C[C@H]2C)cc1. The molecule has 1 N–H and O–H groups in total. The fourth-order valence-electron chi connectivity index (χ4n) is 1.98. The summed E-state index contributed by atoms with van der Waals surface area (Å²) in [6.07, 6.45) is 1.03. The molecule has 1 aromatic carbocycles. The van der Waals surface area contributed by atoms with Gasteiger partial charge in [0.2, 0.25) is 5.91 Å². The van der Waals surface area contributed by atoms with E-state index < -0.39 is 0 Å². The molecule has 1 amide bonds. The van der Waals surface area contributed by atoms with Gasteiger partial charge in [-0.05, 0) is 37.0 Å². The minimum atomic E-state index is 0.0567. The van der Waals surface area contributed by atoms with Gasteiger partial charge in [-0.2, -0.15) is 0 Å². The van der Waals surface area contributed by atoms with Crippen molar-refractivity contribution in [2.24, 2.45) is 11.8 Å². The summed E-state index contributed by atoms with van der Waals surface area (Å²) in [5.74, 6) is 1.80. The summed E-state index contributed by atoms with van der Waals surface area (Å²) in [5.41, 5.74) is 1.10. The predicted octanol–water partition coefficient (Wildman–Crippen LogP) is 2.53. The highest BCUT2D eigenvalue weighted by Crippen LogP contribution is 2.38. The summed E-state index contributed by atoms with van der Waals surface area (Å²) >= 11 is 0. The molecule has 1 aliphatic rings. The number of hydrogen-bond donors (Lipinski definition) is 1. The number of amides is 1. The molecule has 17 heavy (non-hydrogen) atoms. The van der Waals surface area contributed by atoms with Crippen LogP contribution in [0.15, 0.2) is 24.3 Å². The fraction of sp³-hybridized carbons (Fsp3) is 0.500. The number of rotatable bonds is 4. The number of carbonyl (C=O) groups excluding carboxylic acids is 1. The molecule has 1 aliphatic carbocycles. The summed E-state index contributed by atoms with van der Waals surface area (Å²) in [6, 6.07) is 7.86. The molecule has 3 nitrogen and oxygen atoms in total. The molecule has 0 bridgehead atoms. The van der Waals surface area contributed by atoms with E-state index in [1.165, 1.54) is 0 Å². The molecule has 1 aromatic rings. The summed E-state index contributed by atoms with van der Waals surface area (Å²) in [4.78, 5) is 11.8. The van der Waals surface area contributed by atoms with E-state index in [1.807, 2.05) is 31.2 Å². The Balaban J connectivity index is 1.94. The highest BCUT2D eigenvalue weighted by molar-refractivity contribution is 5.81. The second kappa shape index (κ2) is 4.78. The second-order valence-corrected chi connectivity index (χ2v) is 4.82. The van der Waals surface area contributed by atoms with Crippen molar-refractivity contribution in [3.05, 3.63) is 29.8 Å². The van der Waals surface area contributed by atoms with E-state index in [-0.39, 0.29) is 17.9 Å². The van der Waals surface area contributed by atoms with Gasteiger partial charge in [0.25, 0.3) is 0 Å². The first-order valence-electron chi connectivity index (χ1n) is 6.06. The molecule has 3 atom stereocenters. The first kappa shape index (κ1) is 12.0. The number of carbonyl (C=O) groups is 1. The van der Waals surface area contributed by atoms with Crippen LogP contribution in [0.4, 0.5) is 0 Å². The summed E-state index contributed by atoms with van der Waals surface area (Å²) in [6.45, 7) is 4.12. The lowest BCUT2D eigenvalue weighted by Crippen LogP contribution is -2.28. The third kappa shape index (κ3) is 2.78. The van der Waals surface area contributed by atoms with Gasteiger partial charge in [-0.15, -0.1) is 0 Å². The molecule has 0 saturated heterocycles. The van der Waals surface area contributed by atoms with Crippen LogP contribution in [-0.4, -0.2) is 13.0 Å². The molecule has 92 valence electrons. The molecule has 0 spiro atoms. The summed E-state index contributed by atoms with van der Waals surface area (Å²) < 4.78 is 5.10. The Morgan fingerprint density at radius 3 is 2.47 bits per heavy atom. The normalized spacial score (nSPS) is 23.9. The van der Waals surface area contributed by atoms with Crippen LogP contribution < -0.4 is 10.1 Å². The quantitative estimate of drug-likeness (QED) is 0.867. The van der Waals surface area contributed by atoms with Gasteiger partial charge in [0.05, 0.1) is 13.2 Å². The standard InChI is InChI=1S/C14H19NO2/c1-9-8-13(9)14(16)15-10(2)11-4-6-12(17-3)7-5-11/h4-7,9-10,13H,8H2,1-3H3,(H,15,16)/t9-,10+,13+/m1/s1. The molecule has 0 aliphatic heterocycles. The molecule has 0 heterocycles. The lowest BCUT2D eigenvalue weighted by atomic mass is 10.1. The maximum absolute atomic E-state index is 11.8. The number of hydrogen-bond acceptors (Lipinski definition) is 2. The molecule has 1 fully saturated rings. The van der Waals surface area contributed by atoms with E-state index in [0.29, 0.717) is 5.92 Å². The van der Waals surface area contributed by atoms with E-state index >= 15 is 0 Å². The van der Waals surface area contributed by atoms with Crippen molar-refractivity contribution in [1.29, 1.82) is 0 Å². The van der Waals surface area contributed by atoms with Gasteiger partial charge >= 0.3 is 0 Å². The van der Waals surface area contributed by atoms with E-state index in [4.69, 9.17) is 4.74 Å². The van der Waals surface area contributed by atoms with Crippen LogP contribution in [-0.2, 0) is 4.79 Å². The van der Waals surface area contributed by atoms with Gasteiger partial charge in [0, 0.05) is 5.92 Å². The Morgan fingerprint density at radius 1 is 1.41 bits per heavy atom. The zero-order valence-electron chi connectivity index (χ0n) is 10.6. The molecular formula is C14H19NO2. The van der Waals surface area contributed by atoms with Gasteiger partial charge in [0.15, 0.2) is 0 Å². The maximum atomic E-state index is 11.8. The van der Waals surface area contributed by atoms with Crippen molar-refractivity contribution in [1.82, 2.24) is 5.32 Å². The van der Waals surface area contributed by atoms with Crippen LogP contribution in [0.1, 0.15) is 31.9 Å². The Bertz CT molecular complexity index is 399. The van der Waals surface area contributed by atoms with Crippen molar-refractivity contribution in [3.8, 4) is 5.75 Å². The zero-order chi connectivity index (χ0) is 12.4. The smallest absolute Gasteiger partial charge is 0.223 e. The van der Waals surface area contributed by atoms with Crippen LogP contribution in [0.25, 0.3) is 0 Å². The van der Waals surface area contributed by atoms with Crippen molar-refractivity contribution >= 4 is 5.91 Å². The van der Waals surface area contributed by atoms with Crippen LogP contribution in [0, 0.1) is 11.8 Å². The molecule has 0 unspecified atom stereocenters. The Morgan fingerprint density at radius 2 is 2.00 bits per heavy atom. The van der Waals surface area contributed by atoms with Gasteiger partial charge in [-0.3, -0.25) is 4.79 Å². The molecule has 1 saturated carbocycles. The lowest BCUT2D eigenvalue weighted by Gasteiger charge is -2.14. The topological polar surface area (TPSA) is 38.3 Å². The van der Waals surface area contributed by atoms with Crippen LogP contribution in [0.3, 0.4) is 0 Å². The van der Waals surface area contributed by atoms with Gasteiger partial charge < -0.3 is 10.1 Å².